The molecule has 1 N–H and O–H groups in total. The second kappa shape index (κ2) is 8.51. The molecule has 2 amide bonds. The third-order valence-corrected chi connectivity index (χ3v) is 4.69. The molecule has 1 fully saturated rings. The molecule has 0 bridgehead atoms. The van der Waals surface area contributed by atoms with Gasteiger partial charge >= 0.3 is 5.69 Å². The number of nitrogens with zero attached hydrogens (tertiary/aromatic N) is 2. The molecule has 0 radical (unpaired) electrons. The maximum absolute atomic E-state index is 12.8. The molecule has 1 aliphatic rings. The van der Waals surface area contributed by atoms with E-state index < -0.39 is 10.8 Å². The van der Waals surface area contributed by atoms with Crippen LogP contribution in [0.15, 0.2) is 42.5 Å². The summed E-state index contributed by atoms with van der Waals surface area (Å²) in [6, 6.07) is 10.7. The van der Waals surface area contributed by atoms with Gasteiger partial charge in [0.25, 0.3) is 11.8 Å². The van der Waals surface area contributed by atoms with E-state index in [0.717, 1.165) is 25.3 Å². The molecule has 8 heteroatoms. The van der Waals surface area contributed by atoms with Gasteiger partial charge in [0.2, 0.25) is 0 Å². The number of hydrogen-bond acceptors (Lipinski definition) is 5. The first kappa shape index (κ1) is 19.3. The molecule has 0 atom stereocenters. The third-order valence-electron chi connectivity index (χ3n) is 4.69. The Morgan fingerprint density at radius 3 is 2.50 bits per heavy atom. The van der Waals surface area contributed by atoms with Gasteiger partial charge in [0.1, 0.15) is 0 Å². The Kier molecular flexibility index (Phi) is 5.88. The van der Waals surface area contributed by atoms with Crippen LogP contribution in [0, 0.1) is 10.1 Å². The normalized spacial score (nSPS) is 13.7. The number of likely N-dealkylation sites (tertiary alicyclic amines) is 1. The first-order valence-corrected chi connectivity index (χ1v) is 9.03. The lowest BCUT2D eigenvalue weighted by Crippen LogP contribution is -2.36. The van der Waals surface area contributed by atoms with E-state index >= 15 is 0 Å². The number of nitro benzene ring substituents is 1. The zero-order valence-electron chi connectivity index (χ0n) is 15.5. The summed E-state index contributed by atoms with van der Waals surface area (Å²) in [7, 11) is 1.32. The SMILES string of the molecule is COc1ccc(C(=O)Nc2ccccc2C(=O)N2CCCCC2)cc1[N+](=O)[O-]. The van der Waals surface area contributed by atoms with Crippen LogP contribution < -0.4 is 10.1 Å². The smallest absolute Gasteiger partial charge is 0.311 e. The minimum Gasteiger partial charge on any atom is -0.490 e. The molecule has 8 nitrogen and oxygen atoms in total. The monoisotopic (exact) mass is 383 g/mol. The number of benzene rings is 2. The van der Waals surface area contributed by atoms with Crippen LogP contribution in [-0.4, -0.2) is 41.8 Å². The number of hydrogen-bond donors (Lipinski definition) is 1. The van der Waals surface area contributed by atoms with E-state index in [-0.39, 0.29) is 22.9 Å². The highest BCUT2D eigenvalue weighted by Gasteiger charge is 2.22. The summed E-state index contributed by atoms with van der Waals surface area (Å²) in [6.45, 7) is 1.40. The molecule has 0 spiro atoms. The number of rotatable bonds is 5. The fourth-order valence-corrected chi connectivity index (χ4v) is 3.21. The minimum absolute atomic E-state index is 0.0715. The average Bonchev–Trinajstić information content (AvgIpc) is 2.73. The maximum Gasteiger partial charge on any atom is 0.311 e. The standard InChI is InChI=1S/C20H21N3O5/c1-28-18-10-9-14(13-17(18)23(26)27)19(24)21-16-8-4-3-7-15(16)20(25)22-11-5-2-6-12-22/h3-4,7-10,13H,2,5-6,11-12H2,1H3,(H,21,24). The summed E-state index contributed by atoms with van der Waals surface area (Å²) in [5.41, 5.74) is 0.586. The van der Waals surface area contributed by atoms with Crippen molar-refractivity contribution in [1.82, 2.24) is 4.90 Å². The van der Waals surface area contributed by atoms with E-state index in [1.807, 2.05) is 0 Å². The number of methoxy groups -OCH3 is 1. The highest BCUT2D eigenvalue weighted by atomic mass is 16.6. The minimum atomic E-state index is -0.608. The van der Waals surface area contributed by atoms with Crippen molar-refractivity contribution in [3.8, 4) is 5.75 Å². The quantitative estimate of drug-likeness (QED) is 0.629. The van der Waals surface area contributed by atoms with E-state index in [1.54, 1.807) is 29.2 Å². The Balaban J connectivity index is 1.84. The zero-order valence-corrected chi connectivity index (χ0v) is 15.5. The van der Waals surface area contributed by atoms with Gasteiger partial charge in [-0.2, -0.15) is 0 Å². The predicted octanol–water partition coefficient (Wildman–Crippen LogP) is 3.48. The second-order valence-electron chi connectivity index (χ2n) is 6.50. The van der Waals surface area contributed by atoms with Crippen molar-refractivity contribution in [1.29, 1.82) is 0 Å². The van der Waals surface area contributed by atoms with Gasteiger partial charge in [-0.3, -0.25) is 19.7 Å². The van der Waals surface area contributed by atoms with Gasteiger partial charge in [-0.05, 0) is 43.5 Å². The van der Waals surface area contributed by atoms with Crippen molar-refractivity contribution in [3.63, 3.8) is 0 Å². The van der Waals surface area contributed by atoms with Crippen molar-refractivity contribution in [2.75, 3.05) is 25.5 Å². The average molecular weight is 383 g/mol. The van der Waals surface area contributed by atoms with E-state index in [2.05, 4.69) is 5.32 Å². The second-order valence-corrected chi connectivity index (χ2v) is 6.50. The molecule has 28 heavy (non-hydrogen) atoms. The van der Waals surface area contributed by atoms with E-state index in [1.165, 1.54) is 19.2 Å². The molecule has 1 aliphatic heterocycles. The molecule has 2 aromatic rings. The number of amides is 2. The van der Waals surface area contributed by atoms with Crippen LogP contribution in [0.25, 0.3) is 0 Å². The molecule has 0 saturated carbocycles. The van der Waals surface area contributed by atoms with Crippen molar-refractivity contribution in [2.24, 2.45) is 0 Å². The lowest BCUT2D eigenvalue weighted by Gasteiger charge is -2.27. The van der Waals surface area contributed by atoms with Crippen molar-refractivity contribution in [2.45, 2.75) is 19.3 Å². The first-order chi connectivity index (χ1) is 13.5. The van der Waals surface area contributed by atoms with E-state index in [0.29, 0.717) is 24.3 Å². The van der Waals surface area contributed by atoms with Crippen LogP contribution in [0.2, 0.25) is 0 Å². The van der Waals surface area contributed by atoms with Crippen molar-refractivity contribution >= 4 is 23.2 Å². The molecule has 0 aromatic heterocycles. The zero-order chi connectivity index (χ0) is 20.1. The summed E-state index contributed by atoms with van der Waals surface area (Å²) in [5, 5.41) is 13.9. The molecule has 0 aliphatic carbocycles. The highest BCUT2D eigenvalue weighted by molar-refractivity contribution is 6.09. The fourth-order valence-electron chi connectivity index (χ4n) is 3.21. The number of anilines is 1. The summed E-state index contributed by atoms with van der Waals surface area (Å²) >= 11 is 0. The van der Waals surface area contributed by atoms with Gasteiger partial charge in [-0.1, -0.05) is 12.1 Å². The molecule has 1 saturated heterocycles. The molecule has 2 aromatic carbocycles. The Morgan fingerprint density at radius 1 is 1.11 bits per heavy atom. The predicted molar refractivity (Wildman–Crippen MR) is 104 cm³/mol. The Bertz CT molecular complexity index is 906. The van der Waals surface area contributed by atoms with Crippen LogP contribution in [0.1, 0.15) is 40.0 Å². The van der Waals surface area contributed by atoms with Crippen LogP contribution in [-0.2, 0) is 0 Å². The Hall–Kier alpha value is -3.42. The van der Waals surface area contributed by atoms with Crippen LogP contribution in [0.4, 0.5) is 11.4 Å². The molecular weight excluding hydrogens is 362 g/mol. The number of piperidine rings is 1. The van der Waals surface area contributed by atoms with Gasteiger partial charge in [0.15, 0.2) is 5.75 Å². The lowest BCUT2D eigenvalue weighted by atomic mass is 10.1. The summed E-state index contributed by atoms with van der Waals surface area (Å²) in [5.74, 6) is -0.594. The Morgan fingerprint density at radius 2 is 1.82 bits per heavy atom. The first-order valence-electron chi connectivity index (χ1n) is 9.03. The fraction of sp³-hybridized carbons (Fsp3) is 0.300. The maximum atomic E-state index is 12.8. The summed E-state index contributed by atoms with van der Waals surface area (Å²) in [4.78, 5) is 37.8. The van der Waals surface area contributed by atoms with Crippen LogP contribution in [0.5, 0.6) is 5.75 Å². The van der Waals surface area contributed by atoms with Gasteiger partial charge in [-0.15, -0.1) is 0 Å². The van der Waals surface area contributed by atoms with Gasteiger partial charge in [0, 0.05) is 24.7 Å². The lowest BCUT2D eigenvalue weighted by molar-refractivity contribution is -0.385. The molecule has 1 heterocycles. The van der Waals surface area contributed by atoms with Crippen LogP contribution in [0.3, 0.4) is 0 Å². The van der Waals surface area contributed by atoms with E-state index in [9.17, 15) is 19.7 Å². The number of para-hydroxylation sites is 1. The van der Waals surface area contributed by atoms with E-state index in [4.69, 9.17) is 4.74 Å². The largest absolute Gasteiger partial charge is 0.490 e. The topological polar surface area (TPSA) is 102 Å². The highest BCUT2D eigenvalue weighted by Crippen LogP contribution is 2.28. The molecule has 146 valence electrons. The number of nitrogens with one attached hydrogen (secondary N) is 1. The summed E-state index contributed by atoms with van der Waals surface area (Å²) < 4.78 is 4.95. The van der Waals surface area contributed by atoms with Gasteiger partial charge in [0.05, 0.1) is 23.3 Å². The number of carbonyl (C=O) groups is 2. The van der Waals surface area contributed by atoms with Crippen molar-refractivity contribution < 1.29 is 19.2 Å². The van der Waals surface area contributed by atoms with Gasteiger partial charge in [-0.25, -0.2) is 0 Å². The molecular formula is C20H21N3O5. The molecule has 3 rings (SSSR count). The van der Waals surface area contributed by atoms with Crippen LogP contribution >= 0.6 is 0 Å². The van der Waals surface area contributed by atoms with Gasteiger partial charge < -0.3 is 15.0 Å². The Labute approximate surface area is 162 Å². The van der Waals surface area contributed by atoms with Crippen molar-refractivity contribution in [3.05, 3.63) is 63.7 Å². The summed E-state index contributed by atoms with van der Waals surface area (Å²) in [6.07, 6.45) is 3.05. The number of carbonyl (C=O) groups excluding carboxylic acids is 2. The third kappa shape index (κ3) is 4.11. The number of nitro groups is 1. The molecule has 0 unspecified atom stereocenters. The number of ether oxygens (including phenoxy) is 1.